The van der Waals surface area contributed by atoms with Gasteiger partial charge in [0.25, 0.3) is 0 Å². The molecule has 0 fully saturated rings. The number of allylic oxidation sites excluding steroid dienone is 22. The zero-order chi connectivity index (χ0) is 76.0. The zero-order valence-electron chi connectivity index (χ0n) is 65.2. The summed E-state index contributed by atoms with van der Waals surface area (Å²) in [4.78, 5) is 73.1. The van der Waals surface area contributed by atoms with Gasteiger partial charge in [-0.1, -0.05) is 271 Å². The van der Waals surface area contributed by atoms with Crippen LogP contribution in [0.4, 0.5) is 0 Å². The normalized spacial score (nSPS) is 14.6. The van der Waals surface area contributed by atoms with E-state index in [9.17, 15) is 43.2 Å². The van der Waals surface area contributed by atoms with E-state index in [0.29, 0.717) is 25.7 Å². The second-order valence-corrected chi connectivity index (χ2v) is 29.5. The predicted octanol–water partition coefficient (Wildman–Crippen LogP) is 23.7. The van der Waals surface area contributed by atoms with Crippen LogP contribution in [0.25, 0.3) is 0 Å². The van der Waals surface area contributed by atoms with Gasteiger partial charge in [0.1, 0.15) is 19.3 Å². The molecular formula is C85H144O17P2. The average molecular weight is 1500 g/mol. The molecule has 0 bridgehead atoms. The minimum absolute atomic E-state index is 0.0717. The van der Waals surface area contributed by atoms with Gasteiger partial charge in [-0.15, -0.1) is 0 Å². The first-order valence-electron chi connectivity index (χ1n) is 40.4. The van der Waals surface area contributed by atoms with Crippen molar-refractivity contribution < 1.29 is 80.2 Å². The van der Waals surface area contributed by atoms with Crippen molar-refractivity contribution in [2.24, 2.45) is 0 Å². The molecule has 0 aromatic carbocycles. The van der Waals surface area contributed by atoms with E-state index in [4.69, 9.17) is 37.0 Å². The van der Waals surface area contributed by atoms with Gasteiger partial charge in [-0.05, 0) is 161 Å². The number of hydrogen-bond donors (Lipinski definition) is 3. The first kappa shape index (κ1) is 99.2. The summed E-state index contributed by atoms with van der Waals surface area (Å²) in [6, 6.07) is 0. The Bertz CT molecular complexity index is 2490. The Morgan fingerprint density at radius 2 is 0.500 bits per heavy atom. The Labute approximate surface area is 631 Å². The van der Waals surface area contributed by atoms with Gasteiger partial charge in [0.05, 0.1) is 26.4 Å². The highest BCUT2D eigenvalue weighted by molar-refractivity contribution is 7.47. The number of esters is 4. The third kappa shape index (κ3) is 75.4. The number of carbonyl (C=O) groups excluding carboxylic acids is 4. The maximum atomic E-state index is 13.1. The van der Waals surface area contributed by atoms with Gasteiger partial charge in [-0.2, -0.15) is 0 Å². The molecule has 0 rings (SSSR count). The second-order valence-electron chi connectivity index (χ2n) is 26.6. The van der Waals surface area contributed by atoms with Gasteiger partial charge in [-0.3, -0.25) is 37.3 Å². The molecule has 0 aliphatic heterocycles. The minimum atomic E-state index is -4.99. The van der Waals surface area contributed by atoms with Crippen LogP contribution < -0.4 is 0 Å². The van der Waals surface area contributed by atoms with Crippen molar-refractivity contribution in [3.05, 3.63) is 134 Å². The van der Waals surface area contributed by atoms with E-state index in [1.807, 2.05) is 0 Å². The average Bonchev–Trinajstić information content (AvgIpc) is 0.918. The molecule has 0 aliphatic carbocycles. The number of phosphoric acid groups is 2. The summed E-state index contributed by atoms with van der Waals surface area (Å²) in [5.41, 5.74) is 0. The number of hydrogen-bond acceptors (Lipinski definition) is 15. The molecule has 17 nitrogen and oxygen atoms in total. The van der Waals surface area contributed by atoms with Crippen LogP contribution in [0.15, 0.2) is 134 Å². The number of unbranched alkanes of at least 4 members (excludes halogenated alkanes) is 27. The van der Waals surface area contributed by atoms with Crippen molar-refractivity contribution in [2.75, 3.05) is 39.6 Å². The summed E-state index contributed by atoms with van der Waals surface area (Å²) in [5, 5.41) is 10.6. The van der Waals surface area contributed by atoms with Crippen LogP contribution in [0.2, 0.25) is 0 Å². The van der Waals surface area contributed by atoms with Gasteiger partial charge in [0, 0.05) is 25.7 Å². The summed E-state index contributed by atoms with van der Waals surface area (Å²) >= 11 is 0. The molecule has 0 saturated heterocycles. The summed E-state index contributed by atoms with van der Waals surface area (Å²) in [5.74, 6) is -2.26. The van der Waals surface area contributed by atoms with Gasteiger partial charge < -0.3 is 33.8 Å². The lowest BCUT2D eigenvalue weighted by Crippen LogP contribution is -2.30. The molecule has 104 heavy (non-hydrogen) atoms. The standard InChI is InChI=1S/C85H144O17P2/c1-5-9-13-17-21-25-29-33-37-38-39-40-44-46-50-54-58-62-66-70-83(88)96-76-81(102-85(90)72-68-64-60-56-52-48-43-36-32-28-24-20-16-12-8-4)78-100-104(93,94)98-74-79(86)73-97-103(91,92)99-77-80(101-84(89)71-67-63-59-55-51-47-42-35-31-27-23-19-15-11-7-3)75-95-82(87)69-65-61-57-53-49-45-41-34-30-26-22-18-14-10-6-2/h9-10,13-14,21-22,24-26,28,33-37,39-43,49,53,79-81,86H,5-8,11-12,15-20,23,27,29-32,38,44-48,50-52,54-78H2,1-4H3,(H,91,92)(H,93,94)/b13-9-,14-10-,25-21-,26-22-,28-24-,37-33-,40-39-,41-34-,42-35-,43-36-,53-49-. The second kappa shape index (κ2) is 76.4. The van der Waals surface area contributed by atoms with Crippen LogP contribution in [0.3, 0.4) is 0 Å². The van der Waals surface area contributed by atoms with Gasteiger partial charge in [0.15, 0.2) is 12.2 Å². The third-order valence-electron chi connectivity index (χ3n) is 16.6. The maximum Gasteiger partial charge on any atom is 0.472 e. The fraction of sp³-hybridized carbons (Fsp3) is 0.694. The summed E-state index contributed by atoms with van der Waals surface area (Å²) in [6.45, 7) is 4.55. The molecule has 19 heteroatoms. The topological polar surface area (TPSA) is 237 Å². The quantitative estimate of drug-likeness (QED) is 0.0169. The predicted molar refractivity (Wildman–Crippen MR) is 427 cm³/mol. The van der Waals surface area contributed by atoms with E-state index in [1.165, 1.54) is 57.8 Å². The summed E-state index contributed by atoms with van der Waals surface area (Å²) in [6.07, 6.45) is 85.7. The molecule has 0 aromatic heterocycles. The lowest BCUT2D eigenvalue weighted by Gasteiger charge is -2.21. The lowest BCUT2D eigenvalue weighted by molar-refractivity contribution is -0.161. The van der Waals surface area contributed by atoms with Crippen molar-refractivity contribution in [1.82, 2.24) is 0 Å². The lowest BCUT2D eigenvalue weighted by atomic mass is 10.1. The van der Waals surface area contributed by atoms with Gasteiger partial charge in [0.2, 0.25) is 0 Å². The Balaban J connectivity index is 5.42. The fourth-order valence-electron chi connectivity index (χ4n) is 10.5. The summed E-state index contributed by atoms with van der Waals surface area (Å²) in [7, 11) is -9.98. The molecule has 5 unspecified atom stereocenters. The molecule has 0 saturated carbocycles. The van der Waals surface area contributed by atoms with Crippen molar-refractivity contribution >= 4 is 39.5 Å². The number of phosphoric ester groups is 2. The fourth-order valence-corrected chi connectivity index (χ4v) is 12.0. The van der Waals surface area contributed by atoms with Crippen LogP contribution in [-0.4, -0.2) is 96.7 Å². The molecule has 0 aromatic rings. The van der Waals surface area contributed by atoms with Crippen molar-refractivity contribution in [1.29, 1.82) is 0 Å². The van der Waals surface area contributed by atoms with Crippen LogP contribution >= 0.6 is 15.6 Å². The smallest absolute Gasteiger partial charge is 0.462 e. The van der Waals surface area contributed by atoms with Gasteiger partial charge in [-0.25, -0.2) is 9.13 Å². The molecule has 5 atom stereocenters. The van der Waals surface area contributed by atoms with E-state index < -0.39 is 97.5 Å². The molecule has 0 aliphatic rings. The highest BCUT2D eigenvalue weighted by atomic mass is 31.2. The highest BCUT2D eigenvalue weighted by Gasteiger charge is 2.30. The molecule has 0 radical (unpaired) electrons. The number of aliphatic hydroxyl groups excluding tert-OH is 1. The Kier molecular flexibility index (Phi) is 72.9. The van der Waals surface area contributed by atoms with Crippen LogP contribution in [0.1, 0.15) is 323 Å². The van der Waals surface area contributed by atoms with Crippen molar-refractivity contribution in [3.8, 4) is 0 Å². The zero-order valence-corrected chi connectivity index (χ0v) is 66.9. The minimum Gasteiger partial charge on any atom is -0.462 e. The van der Waals surface area contributed by atoms with Crippen LogP contribution in [0, 0.1) is 0 Å². The van der Waals surface area contributed by atoms with Crippen LogP contribution in [0.5, 0.6) is 0 Å². The van der Waals surface area contributed by atoms with Crippen molar-refractivity contribution in [2.45, 2.75) is 341 Å². The molecular weight excluding hydrogens is 1350 g/mol. The molecule has 0 amide bonds. The first-order chi connectivity index (χ1) is 50.7. The Morgan fingerprint density at radius 1 is 0.279 bits per heavy atom. The maximum absolute atomic E-state index is 13.1. The van der Waals surface area contributed by atoms with E-state index >= 15 is 0 Å². The third-order valence-corrected chi connectivity index (χ3v) is 18.5. The summed E-state index contributed by atoms with van der Waals surface area (Å²) < 4.78 is 68.6. The molecule has 596 valence electrons. The van der Waals surface area contributed by atoms with Crippen LogP contribution in [-0.2, 0) is 65.4 Å². The van der Waals surface area contributed by atoms with E-state index in [1.54, 1.807) is 0 Å². The van der Waals surface area contributed by atoms with E-state index in [2.05, 4.69) is 161 Å². The van der Waals surface area contributed by atoms with Crippen molar-refractivity contribution in [3.63, 3.8) is 0 Å². The highest BCUT2D eigenvalue weighted by Crippen LogP contribution is 2.45. The molecule has 0 heterocycles. The van der Waals surface area contributed by atoms with E-state index in [-0.39, 0.29) is 25.7 Å². The molecule has 3 N–H and O–H groups in total. The van der Waals surface area contributed by atoms with Gasteiger partial charge >= 0.3 is 39.5 Å². The van der Waals surface area contributed by atoms with E-state index in [0.717, 1.165) is 186 Å². The monoisotopic (exact) mass is 1500 g/mol. The number of ether oxygens (including phenoxy) is 4. The number of rotatable bonds is 75. The SMILES string of the molecule is CC/C=C\C/C=C\C/C=C\C/C=C\CCCCCCCCC(=O)OCC(COP(=O)(O)OCC(O)COP(=O)(O)OCC(COC(=O)CCCC/C=C\C/C=C\C/C=C\C/C=C\CC)OC(=O)CCCCCCC/C=C\CCCCCCCC)OC(=O)CCCCCCC/C=C\C/C=C\CCCCC. The number of carbonyl (C=O) groups is 4. The Morgan fingerprint density at radius 3 is 0.817 bits per heavy atom. The number of aliphatic hydroxyl groups is 1. The Hall–Kier alpha value is -4.80. The molecule has 0 spiro atoms. The largest absolute Gasteiger partial charge is 0.472 e. The first-order valence-corrected chi connectivity index (χ1v) is 43.4.